The molecule has 0 fully saturated rings. The Kier molecular flexibility index (Phi) is 5.06. The maximum Gasteiger partial charge on any atom is 0.314 e. The Morgan fingerprint density at radius 1 is 1.45 bits per heavy atom. The lowest BCUT2D eigenvalue weighted by Gasteiger charge is -2.19. The Hall–Kier alpha value is 0.210. The highest BCUT2D eigenvalue weighted by molar-refractivity contribution is 7.47. The molecule has 0 saturated carbocycles. The zero-order valence-corrected chi connectivity index (χ0v) is 7.57. The van der Waals surface area contributed by atoms with Gasteiger partial charge in [0.15, 0.2) is 0 Å². The van der Waals surface area contributed by atoms with Crippen LogP contribution in [0.4, 0.5) is 8.78 Å². The summed E-state index contributed by atoms with van der Waals surface area (Å²) in [5, 5.41) is 0. The Morgan fingerprint density at radius 3 is 2.36 bits per heavy atom. The lowest BCUT2D eigenvalue weighted by Crippen LogP contribution is -2.14. The normalized spacial score (nSPS) is 15.0. The van der Waals surface area contributed by atoms with Gasteiger partial charge in [0, 0.05) is 6.42 Å². The van der Waals surface area contributed by atoms with E-state index in [4.69, 9.17) is 4.89 Å². The Bertz CT molecular complexity index is 111. The van der Waals surface area contributed by atoms with Crippen molar-refractivity contribution in [1.82, 2.24) is 0 Å². The minimum Gasteiger partial charge on any atom is -0.346 e. The fourth-order valence-corrected chi connectivity index (χ4v) is 1.46. The summed E-state index contributed by atoms with van der Waals surface area (Å²) < 4.78 is 29.7. The molecule has 0 spiro atoms. The molecule has 0 bridgehead atoms. The second kappa shape index (κ2) is 4.96. The molecule has 0 aromatic rings. The molecule has 0 aromatic carbocycles. The molecule has 0 aromatic heterocycles. The summed E-state index contributed by atoms with van der Waals surface area (Å²) in [6.45, 7) is 3.35. The van der Waals surface area contributed by atoms with E-state index in [1.807, 2.05) is 0 Å². The average molecular weight is 186 g/mol. The van der Waals surface area contributed by atoms with Gasteiger partial charge in [-0.2, -0.15) is 8.78 Å². The van der Waals surface area contributed by atoms with Crippen molar-refractivity contribution < 1.29 is 18.2 Å². The van der Waals surface area contributed by atoms with Crippen molar-refractivity contribution >= 4 is 8.38 Å². The highest BCUT2D eigenvalue weighted by Gasteiger charge is 2.39. The van der Waals surface area contributed by atoms with E-state index < -0.39 is 14.0 Å². The van der Waals surface area contributed by atoms with E-state index in [0.717, 1.165) is 0 Å². The molecule has 5 heteroatoms. The zero-order valence-electron chi connectivity index (χ0n) is 6.68. The predicted molar refractivity (Wildman–Crippen MR) is 40.6 cm³/mol. The van der Waals surface area contributed by atoms with E-state index in [0.29, 0.717) is 6.42 Å². The molecular weight excluding hydrogens is 173 g/mol. The highest BCUT2D eigenvalue weighted by Crippen LogP contribution is 2.51. The molecule has 1 unspecified atom stereocenters. The van der Waals surface area contributed by atoms with Gasteiger partial charge in [-0.3, -0.25) is 0 Å². The molecule has 0 radical (unpaired) electrons. The summed E-state index contributed by atoms with van der Waals surface area (Å²) in [7, 11) is -2.56. The van der Waals surface area contributed by atoms with Crippen molar-refractivity contribution in [3.05, 3.63) is 0 Å². The summed E-state index contributed by atoms with van der Waals surface area (Å²) >= 11 is 0. The maximum atomic E-state index is 12.7. The molecule has 0 saturated heterocycles. The third kappa shape index (κ3) is 3.94. The van der Waals surface area contributed by atoms with E-state index in [9.17, 15) is 8.78 Å². The van der Waals surface area contributed by atoms with Crippen LogP contribution in [0.15, 0.2) is 0 Å². The number of halogens is 2. The smallest absolute Gasteiger partial charge is 0.314 e. The van der Waals surface area contributed by atoms with Gasteiger partial charge in [-0.25, -0.2) is 0 Å². The highest BCUT2D eigenvalue weighted by atomic mass is 31.2. The van der Waals surface area contributed by atoms with E-state index >= 15 is 0 Å². The van der Waals surface area contributed by atoms with E-state index in [-0.39, 0.29) is 13.0 Å². The lowest BCUT2D eigenvalue weighted by molar-refractivity contribution is 0.0582. The van der Waals surface area contributed by atoms with E-state index in [1.54, 1.807) is 13.8 Å². The number of rotatable bonds is 5. The standard InChI is InChI=1S/C6H13F2O2P/c1-3-5-6(7,8)11(9)10-4-2/h9H,3-5H2,1-2H3. The van der Waals surface area contributed by atoms with Crippen LogP contribution in [0.2, 0.25) is 0 Å². The molecule has 1 atom stereocenters. The van der Waals surface area contributed by atoms with Crippen molar-refractivity contribution in [3.8, 4) is 0 Å². The molecular formula is C6H13F2O2P. The second-order valence-electron chi connectivity index (χ2n) is 2.11. The van der Waals surface area contributed by atoms with Crippen LogP contribution in [-0.4, -0.2) is 17.2 Å². The molecule has 0 amide bonds. The number of alkyl halides is 2. The molecule has 68 valence electrons. The summed E-state index contributed by atoms with van der Waals surface area (Å²) in [6.07, 6.45) is 0.0364. The van der Waals surface area contributed by atoms with E-state index in [2.05, 4.69) is 4.52 Å². The van der Waals surface area contributed by atoms with Gasteiger partial charge < -0.3 is 9.42 Å². The predicted octanol–water partition coefficient (Wildman–Crippen LogP) is 2.72. The average Bonchev–Trinajstić information content (AvgIpc) is 1.88. The van der Waals surface area contributed by atoms with Gasteiger partial charge >= 0.3 is 5.66 Å². The van der Waals surface area contributed by atoms with Crippen molar-refractivity contribution in [2.75, 3.05) is 6.61 Å². The van der Waals surface area contributed by atoms with Gasteiger partial charge in [0.25, 0.3) is 0 Å². The Morgan fingerprint density at radius 2 is 2.00 bits per heavy atom. The topological polar surface area (TPSA) is 29.5 Å². The third-order valence-electron chi connectivity index (χ3n) is 1.08. The quantitative estimate of drug-likeness (QED) is 0.669. The van der Waals surface area contributed by atoms with Gasteiger partial charge in [0.05, 0.1) is 6.61 Å². The number of hydrogen-bond donors (Lipinski definition) is 1. The first-order valence-electron chi connectivity index (χ1n) is 3.54. The fraction of sp³-hybridized carbons (Fsp3) is 1.00. The van der Waals surface area contributed by atoms with Gasteiger partial charge in [-0.1, -0.05) is 6.92 Å². The summed E-state index contributed by atoms with van der Waals surface area (Å²) in [5.41, 5.74) is -3.04. The van der Waals surface area contributed by atoms with Crippen LogP contribution in [0.1, 0.15) is 26.7 Å². The van der Waals surface area contributed by atoms with Crippen LogP contribution in [0, 0.1) is 0 Å². The first kappa shape index (κ1) is 11.2. The first-order valence-corrected chi connectivity index (χ1v) is 4.75. The molecule has 2 nitrogen and oxygen atoms in total. The number of hydrogen-bond acceptors (Lipinski definition) is 2. The SMILES string of the molecule is CCCC(F)(F)P(O)OCC. The summed E-state index contributed by atoms with van der Waals surface area (Å²) in [4.78, 5) is 8.80. The summed E-state index contributed by atoms with van der Waals surface area (Å²) in [6, 6.07) is 0. The molecule has 0 rings (SSSR count). The van der Waals surface area contributed by atoms with Crippen molar-refractivity contribution in [2.45, 2.75) is 32.4 Å². The second-order valence-corrected chi connectivity index (χ2v) is 3.56. The third-order valence-corrected chi connectivity index (χ3v) is 2.37. The monoisotopic (exact) mass is 186 g/mol. The minimum atomic E-state index is -3.04. The largest absolute Gasteiger partial charge is 0.346 e. The zero-order chi connectivity index (χ0) is 8.91. The molecule has 1 N–H and O–H groups in total. The van der Waals surface area contributed by atoms with Gasteiger partial charge in [-0.05, 0) is 13.3 Å². The Labute approximate surface area is 66.5 Å². The van der Waals surface area contributed by atoms with Crippen molar-refractivity contribution in [2.24, 2.45) is 0 Å². The van der Waals surface area contributed by atoms with Crippen LogP contribution in [0.3, 0.4) is 0 Å². The Balaban J connectivity index is 3.83. The molecule has 0 aliphatic rings. The molecule has 0 heterocycles. The summed E-state index contributed by atoms with van der Waals surface area (Å²) in [5.74, 6) is 0. The first-order chi connectivity index (χ1) is 5.04. The fourth-order valence-electron chi connectivity index (χ4n) is 0.613. The van der Waals surface area contributed by atoms with Crippen LogP contribution < -0.4 is 0 Å². The van der Waals surface area contributed by atoms with Gasteiger partial charge in [0.1, 0.15) is 0 Å². The van der Waals surface area contributed by atoms with Gasteiger partial charge in [0.2, 0.25) is 8.38 Å². The minimum absolute atomic E-state index is 0.126. The molecule has 11 heavy (non-hydrogen) atoms. The lowest BCUT2D eigenvalue weighted by atomic mass is 10.3. The van der Waals surface area contributed by atoms with Crippen LogP contribution in [-0.2, 0) is 4.52 Å². The van der Waals surface area contributed by atoms with Crippen molar-refractivity contribution in [1.29, 1.82) is 0 Å². The van der Waals surface area contributed by atoms with Crippen molar-refractivity contribution in [3.63, 3.8) is 0 Å². The van der Waals surface area contributed by atoms with Crippen LogP contribution in [0.5, 0.6) is 0 Å². The van der Waals surface area contributed by atoms with Crippen LogP contribution in [0.25, 0.3) is 0 Å². The maximum absolute atomic E-state index is 12.7. The molecule has 0 aliphatic carbocycles. The van der Waals surface area contributed by atoms with Gasteiger partial charge in [-0.15, -0.1) is 0 Å². The van der Waals surface area contributed by atoms with Crippen LogP contribution >= 0.6 is 8.38 Å². The molecule has 0 aliphatic heterocycles. The van der Waals surface area contributed by atoms with E-state index in [1.165, 1.54) is 0 Å².